The van der Waals surface area contributed by atoms with Crippen LogP contribution in [0.1, 0.15) is 42.4 Å². The van der Waals surface area contributed by atoms with Gasteiger partial charge in [-0.05, 0) is 0 Å². The van der Waals surface area contributed by atoms with Crippen molar-refractivity contribution in [2.75, 3.05) is 0 Å². The zero-order valence-corrected chi connectivity index (χ0v) is 16.3. The molecule has 21 heavy (non-hydrogen) atoms. The monoisotopic (exact) mass is 395 g/mol. The Morgan fingerprint density at radius 1 is 1.14 bits per heavy atom. The molecule has 0 heterocycles. The molecule has 0 N–H and O–H groups in total. The second-order valence-corrected chi connectivity index (χ2v) is 8.67. The van der Waals surface area contributed by atoms with Crippen molar-refractivity contribution >= 4 is 10.3 Å². The minimum Gasteiger partial charge on any atom is -1.00 e. The number of fused-ring (bicyclic) bond motifs is 1. The van der Waals surface area contributed by atoms with Gasteiger partial charge in [-0.15, -0.1) is 0 Å². The van der Waals surface area contributed by atoms with Crippen LogP contribution in [0.2, 0.25) is 3.12 Å². The third-order valence-corrected chi connectivity index (χ3v) is 7.35. The Labute approximate surface area is 151 Å². The van der Waals surface area contributed by atoms with Crippen LogP contribution in [-0.4, -0.2) is 4.21 Å². The molecule has 0 aromatic heterocycles. The van der Waals surface area contributed by atoms with Crippen molar-refractivity contribution in [3.8, 4) is 0 Å². The van der Waals surface area contributed by atoms with Crippen molar-refractivity contribution in [1.82, 2.24) is 0 Å². The quantitative estimate of drug-likeness (QED) is 0.597. The SMILES string of the molecule is [CH2]=[Zr+2][C]1(C2C=Cc3c(C(C)C)cccc32)C=CC=C1.[Cl-].[Cl-]. The van der Waals surface area contributed by atoms with E-state index in [1.165, 1.54) is 16.7 Å². The Bertz CT molecular complexity index is 600. The predicted octanol–water partition coefficient (Wildman–Crippen LogP) is -1.27. The minimum atomic E-state index is -0.682. The molecule has 1 aromatic carbocycles. The molecule has 2 aliphatic rings. The first-order valence-corrected chi connectivity index (χ1v) is 9.87. The molecule has 0 fully saturated rings. The van der Waals surface area contributed by atoms with Gasteiger partial charge in [0.25, 0.3) is 0 Å². The maximum atomic E-state index is 4.35. The van der Waals surface area contributed by atoms with Crippen LogP contribution in [0.3, 0.4) is 0 Å². The summed E-state index contributed by atoms with van der Waals surface area (Å²) in [6.45, 7) is 4.56. The largest absolute Gasteiger partial charge is 1.00 e. The molecule has 0 nitrogen and oxygen atoms in total. The van der Waals surface area contributed by atoms with Crippen LogP contribution in [0, 0.1) is 0 Å². The van der Waals surface area contributed by atoms with Crippen LogP contribution in [0.5, 0.6) is 0 Å². The molecule has 0 saturated carbocycles. The van der Waals surface area contributed by atoms with Crippen molar-refractivity contribution in [3.63, 3.8) is 0 Å². The summed E-state index contributed by atoms with van der Waals surface area (Å²) < 4.78 is 4.60. The Morgan fingerprint density at radius 2 is 1.81 bits per heavy atom. The molecule has 2 aliphatic carbocycles. The zero-order chi connectivity index (χ0) is 13.5. The van der Waals surface area contributed by atoms with Crippen LogP contribution in [0.25, 0.3) is 6.08 Å². The van der Waals surface area contributed by atoms with Crippen LogP contribution < -0.4 is 24.8 Å². The normalized spacial score (nSPS) is 19.9. The summed E-state index contributed by atoms with van der Waals surface area (Å²) >= 11 is -0.682. The van der Waals surface area contributed by atoms with Crippen molar-refractivity contribution in [2.24, 2.45) is 0 Å². The molecule has 1 atom stereocenters. The molecule has 1 unspecified atom stereocenters. The molecule has 0 aliphatic heterocycles. The molecule has 0 spiro atoms. The molecule has 1 aromatic rings. The van der Waals surface area contributed by atoms with Gasteiger partial charge >= 0.3 is 127 Å². The smallest absolute Gasteiger partial charge is 1.00 e. The van der Waals surface area contributed by atoms with E-state index in [4.69, 9.17) is 0 Å². The fourth-order valence-electron chi connectivity index (χ4n) is 3.20. The van der Waals surface area contributed by atoms with E-state index in [2.05, 4.69) is 72.7 Å². The fourth-order valence-corrected chi connectivity index (χ4v) is 5.41. The molecule has 0 bridgehead atoms. The fraction of sp³-hybridized carbons (Fsp3) is 0.278. The number of allylic oxidation sites excluding steroid dienone is 5. The molecular weight excluding hydrogens is 378 g/mol. The van der Waals surface area contributed by atoms with Gasteiger partial charge in [-0.25, -0.2) is 0 Å². The summed E-state index contributed by atoms with van der Waals surface area (Å²) in [5.41, 5.74) is 4.45. The predicted molar refractivity (Wildman–Crippen MR) is 80.4 cm³/mol. The Balaban J connectivity index is 0.00000110. The van der Waals surface area contributed by atoms with Crippen LogP contribution in [0.4, 0.5) is 0 Å². The van der Waals surface area contributed by atoms with E-state index >= 15 is 0 Å². The molecule has 109 valence electrons. The van der Waals surface area contributed by atoms with Gasteiger partial charge in [0.2, 0.25) is 0 Å². The number of rotatable bonds is 3. The number of hydrogen-bond donors (Lipinski definition) is 0. The Kier molecular flexibility index (Phi) is 6.60. The van der Waals surface area contributed by atoms with Crippen LogP contribution in [0.15, 0.2) is 48.6 Å². The van der Waals surface area contributed by atoms with Gasteiger partial charge < -0.3 is 24.8 Å². The van der Waals surface area contributed by atoms with Crippen molar-refractivity contribution in [2.45, 2.75) is 28.8 Å². The second-order valence-electron chi connectivity index (χ2n) is 5.67. The molecule has 3 heteroatoms. The van der Waals surface area contributed by atoms with E-state index < -0.39 is 22.8 Å². The first-order chi connectivity index (χ1) is 9.18. The van der Waals surface area contributed by atoms with E-state index in [0.717, 1.165) is 0 Å². The Hall–Kier alpha value is -0.227. The summed E-state index contributed by atoms with van der Waals surface area (Å²) in [4.78, 5) is 0. The number of halogens is 2. The van der Waals surface area contributed by atoms with Crippen LogP contribution in [-0.2, 0) is 22.8 Å². The van der Waals surface area contributed by atoms with Gasteiger partial charge in [-0.2, -0.15) is 0 Å². The standard InChI is InChI=1S/C17H17.CH2.2ClH.Zr/c1-12(2)14-8-5-9-16-15(10-11-17(14)16)13-6-3-4-7-13;;;;/h3-12,15H,1-2H3;1H2;2*1H;/q;;;;+2/p-2. The molecule has 0 amide bonds. The summed E-state index contributed by atoms with van der Waals surface area (Å²) in [5, 5.41) is 0. The van der Waals surface area contributed by atoms with Crippen molar-refractivity contribution in [3.05, 3.63) is 65.3 Å². The second kappa shape index (κ2) is 7.36. The van der Waals surface area contributed by atoms with Gasteiger partial charge in [0.05, 0.1) is 0 Å². The third kappa shape index (κ3) is 3.12. The van der Waals surface area contributed by atoms with Crippen LogP contribution >= 0.6 is 0 Å². The first-order valence-electron chi connectivity index (χ1n) is 6.90. The topological polar surface area (TPSA) is 0 Å². The van der Waals surface area contributed by atoms with E-state index in [1.54, 1.807) is 0 Å². The minimum absolute atomic E-state index is 0. The van der Waals surface area contributed by atoms with Gasteiger partial charge in [0.15, 0.2) is 0 Å². The molecular formula is C18H19Cl2Zr. The van der Waals surface area contributed by atoms with Crippen molar-refractivity contribution < 1.29 is 47.6 Å². The van der Waals surface area contributed by atoms with Gasteiger partial charge in [-0.1, -0.05) is 0 Å². The van der Waals surface area contributed by atoms with E-state index in [9.17, 15) is 0 Å². The summed E-state index contributed by atoms with van der Waals surface area (Å²) in [7, 11) is 0. The van der Waals surface area contributed by atoms with Gasteiger partial charge in [-0.3, -0.25) is 0 Å². The number of hydrogen-bond acceptors (Lipinski definition) is 0. The summed E-state index contributed by atoms with van der Waals surface area (Å²) in [6.07, 6.45) is 13.9. The van der Waals surface area contributed by atoms with E-state index in [-0.39, 0.29) is 27.9 Å². The maximum absolute atomic E-state index is 4.35. The average Bonchev–Trinajstić information content (AvgIpc) is 3.04. The van der Waals surface area contributed by atoms with E-state index in [1.807, 2.05) is 0 Å². The average molecular weight is 397 g/mol. The maximum Gasteiger partial charge on any atom is -1.00 e. The molecule has 0 saturated heterocycles. The van der Waals surface area contributed by atoms with E-state index in [0.29, 0.717) is 11.8 Å². The summed E-state index contributed by atoms with van der Waals surface area (Å²) in [6, 6.07) is 6.80. The molecule has 3 rings (SSSR count). The zero-order valence-electron chi connectivity index (χ0n) is 12.3. The first kappa shape index (κ1) is 18.8. The summed E-state index contributed by atoms with van der Waals surface area (Å²) in [5.74, 6) is 1.10. The Morgan fingerprint density at radius 3 is 2.38 bits per heavy atom. The third-order valence-electron chi connectivity index (χ3n) is 4.26. The number of benzene rings is 1. The van der Waals surface area contributed by atoms with Gasteiger partial charge in [0.1, 0.15) is 0 Å². The van der Waals surface area contributed by atoms with Gasteiger partial charge in [0, 0.05) is 0 Å². The van der Waals surface area contributed by atoms with Crippen molar-refractivity contribution in [1.29, 1.82) is 0 Å². The molecule has 0 radical (unpaired) electrons.